The van der Waals surface area contributed by atoms with Crippen LogP contribution in [0.4, 0.5) is 0 Å². The summed E-state index contributed by atoms with van der Waals surface area (Å²) in [5.74, 6) is -0.613. The number of carbonyl (C=O) groups is 2. The third-order valence-corrected chi connectivity index (χ3v) is 6.32. The van der Waals surface area contributed by atoms with Gasteiger partial charge in [-0.05, 0) is 30.3 Å². The minimum absolute atomic E-state index is 0.0327. The highest BCUT2D eigenvalue weighted by atomic mass is 32.2. The van der Waals surface area contributed by atoms with E-state index in [0.29, 0.717) is 11.3 Å². The van der Waals surface area contributed by atoms with E-state index in [0.717, 1.165) is 11.0 Å². The second kappa shape index (κ2) is 8.18. The Kier molecular flexibility index (Phi) is 5.85. The smallest absolute Gasteiger partial charge is 0.325 e. The second-order valence-corrected chi connectivity index (χ2v) is 9.06. The van der Waals surface area contributed by atoms with E-state index in [1.165, 1.54) is 43.8 Å². The van der Waals surface area contributed by atoms with Crippen LogP contribution < -0.4 is 9.54 Å². The predicted octanol–water partition coefficient (Wildman–Crippen LogP) is 2.03. The van der Waals surface area contributed by atoms with Gasteiger partial charge in [0.05, 0.1) is 34.9 Å². The number of hydrogen-bond donors (Lipinski definition) is 0. The molecule has 0 aliphatic heterocycles. The maximum absolute atomic E-state index is 12.8. The Morgan fingerprint density at radius 2 is 1.86 bits per heavy atom. The molecular formula is C19H18N2O6S2. The van der Waals surface area contributed by atoms with Crippen LogP contribution >= 0.6 is 11.3 Å². The Balaban J connectivity index is 2.20. The highest BCUT2D eigenvalue weighted by Crippen LogP contribution is 2.23. The molecule has 0 saturated heterocycles. The number of aromatic nitrogens is 1. The molecule has 0 fully saturated rings. The van der Waals surface area contributed by atoms with Gasteiger partial charge in [0.1, 0.15) is 12.3 Å². The van der Waals surface area contributed by atoms with Gasteiger partial charge < -0.3 is 14.0 Å². The number of sulfone groups is 1. The van der Waals surface area contributed by atoms with Crippen LogP contribution in [0.5, 0.6) is 5.75 Å². The Labute approximate surface area is 171 Å². The molecule has 0 saturated carbocycles. The molecule has 3 aromatic rings. The number of rotatable bonds is 5. The second-order valence-electron chi connectivity index (χ2n) is 6.07. The van der Waals surface area contributed by atoms with E-state index in [1.807, 2.05) is 0 Å². The third-order valence-electron chi connectivity index (χ3n) is 4.12. The van der Waals surface area contributed by atoms with Gasteiger partial charge in [-0.2, -0.15) is 4.99 Å². The zero-order chi connectivity index (χ0) is 21.2. The van der Waals surface area contributed by atoms with E-state index in [9.17, 15) is 18.0 Å². The number of benzene rings is 2. The summed E-state index contributed by atoms with van der Waals surface area (Å²) in [6, 6.07) is 11.1. The standard InChI is InChI=1S/C19H18N2O6S2/c1-26-12-8-9-14-15(10-12)28-19(21(14)11-17(22)27-2)20-18(23)13-6-4-5-7-16(13)29(3,24)25/h4-10H,11H2,1-3H3. The molecule has 8 nitrogen and oxygen atoms in total. The molecule has 3 rings (SSSR count). The number of ether oxygens (including phenoxy) is 2. The van der Waals surface area contributed by atoms with Crippen LogP contribution in [0.2, 0.25) is 0 Å². The van der Waals surface area contributed by atoms with Gasteiger partial charge in [0.2, 0.25) is 0 Å². The largest absolute Gasteiger partial charge is 0.497 e. The average molecular weight is 434 g/mol. The van der Waals surface area contributed by atoms with Crippen LogP contribution in [0, 0.1) is 0 Å². The van der Waals surface area contributed by atoms with Gasteiger partial charge >= 0.3 is 5.97 Å². The van der Waals surface area contributed by atoms with E-state index in [2.05, 4.69) is 4.99 Å². The fourth-order valence-corrected chi connectivity index (χ4v) is 4.66. The summed E-state index contributed by atoms with van der Waals surface area (Å²) in [5, 5.41) is 0. The Bertz CT molecular complexity index is 1270. The van der Waals surface area contributed by atoms with E-state index >= 15 is 0 Å². The van der Waals surface area contributed by atoms with Gasteiger partial charge in [0.25, 0.3) is 5.91 Å². The van der Waals surface area contributed by atoms with Crippen molar-refractivity contribution in [2.24, 2.45) is 4.99 Å². The van der Waals surface area contributed by atoms with Crippen molar-refractivity contribution in [3.8, 4) is 5.75 Å². The number of esters is 1. The monoisotopic (exact) mass is 434 g/mol. The van der Waals surface area contributed by atoms with Crippen molar-refractivity contribution in [3.63, 3.8) is 0 Å². The van der Waals surface area contributed by atoms with E-state index < -0.39 is 21.7 Å². The summed E-state index contributed by atoms with van der Waals surface area (Å²) in [5.41, 5.74) is 0.638. The molecule has 0 radical (unpaired) electrons. The first kappa shape index (κ1) is 20.7. The SMILES string of the molecule is COC(=O)Cn1c(=NC(=O)c2ccccc2S(C)(=O)=O)sc2cc(OC)ccc21. The molecule has 0 unspecified atom stereocenters. The van der Waals surface area contributed by atoms with Crippen molar-refractivity contribution in [2.45, 2.75) is 11.4 Å². The lowest BCUT2D eigenvalue weighted by Gasteiger charge is -2.05. The number of methoxy groups -OCH3 is 2. The molecule has 1 heterocycles. The van der Waals surface area contributed by atoms with E-state index in [-0.39, 0.29) is 21.8 Å². The van der Waals surface area contributed by atoms with Crippen LogP contribution in [0.3, 0.4) is 0 Å². The zero-order valence-corrected chi connectivity index (χ0v) is 17.5. The first-order chi connectivity index (χ1) is 13.7. The summed E-state index contributed by atoms with van der Waals surface area (Å²) in [7, 11) is -0.808. The predicted molar refractivity (Wildman–Crippen MR) is 108 cm³/mol. The van der Waals surface area contributed by atoms with Gasteiger partial charge in [-0.25, -0.2) is 8.42 Å². The van der Waals surface area contributed by atoms with E-state index in [1.54, 1.807) is 28.8 Å². The van der Waals surface area contributed by atoms with E-state index in [4.69, 9.17) is 9.47 Å². The number of nitrogens with zero attached hydrogens (tertiary/aromatic N) is 2. The lowest BCUT2D eigenvalue weighted by atomic mass is 10.2. The molecule has 152 valence electrons. The molecule has 1 amide bonds. The highest BCUT2D eigenvalue weighted by molar-refractivity contribution is 7.90. The summed E-state index contributed by atoms with van der Waals surface area (Å²) in [6.45, 7) is -0.150. The molecule has 0 spiro atoms. The maximum Gasteiger partial charge on any atom is 0.325 e. The van der Waals surface area contributed by atoms with Gasteiger partial charge in [-0.3, -0.25) is 9.59 Å². The molecular weight excluding hydrogens is 416 g/mol. The Morgan fingerprint density at radius 1 is 1.14 bits per heavy atom. The normalized spacial score (nSPS) is 12.2. The van der Waals surface area contributed by atoms with Crippen molar-refractivity contribution in [1.29, 1.82) is 0 Å². The van der Waals surface area contributed by atoms with Gasteiger partial charge in [0.15, 0.2) is 14.6 Å². The molecule has 0 aliphatic carbocycles. The molecule has 1 aromatic heterocycles. The highest BCUT2D eigenvalue weighted by Gasteiger charge is 2.19. The summed E-state index contributed by atoms with van der Waals surface area (Å²) in [6.07, 6.45) is 1.03. The average Bonchev–Trinajstić information content (AvgIpc) is 3.03. The zero-order valence-electron chi connectivity index (χ0n) is 15.9. The number of amides is 1. The molecule has 0 N–H and O–H groups in total. The summed E-state index contributed by atoms with van der Waals surface area (Å²) >= 11 is 1.18. The fourth-order valence-electron chi connectivity index (χ4n) is 2.73. The number of hydrogen-bond acceptors (Lipinski definition) is 7. The van der Waals surface area contributed by atoms with Gasteiger partial charge in [-0.1, -0.05) is 23.5 Å². The minimum atomic E-state index is -3.61. The minimum Gasteiger partial charge on any atom is -0.497 e. The van der Waals surface area contributed by atoms with Crippen molar-refractivity contribution < 1.29 is 27.5 Å². The van der Waals surface area contributed by atoms with Crippen LogP contribution in [0.15, 0.2) is 52.4 Å². The van der Waals surface area contributed by atoms with Crippen LogP contribution in [-0.4, -0.2) is 45.3 Å². The molecule has 0 bridgehead atoms. The first-order valence-corrected chi connectivity index (χ1v) is 11.1. The molecule has 0 atom stereocenters. The molecule has 0 aliphatic rings. The Hall–Kier alpha value is -2.98. The lowest BCUT2D eigenvalue weighted by Crippen LogP contribution is -2.22. The van der Waals surface area contributed by atoms with Crippen molar-refractivity contribution in [2.75, 3.05) is 20.5 Å². The quantitative estimate of drug-likeness (QED) is 0.569. The van der Waals surface area contributed by atoms with Crippen LogP contribution in [0.1, 0.15) is 10.4 Å². The topological polar surface area (TPSA) is 104 Å². The fraction of sp³-hybridized carbons (Fsp3) is 0.211. The van der Waals surface area contributed by atoms with Crippen molar-refractivity contribution >= 4 is 43.3 Å². The van der Waals surface area contributed by atoms with Gasteiger partial charge in [0, 0.05) is 6.26 Å². The number of thiazole rings is 1. The van der Waals surface area contributed by atoms with Crippen molar-refractivity contribution in [1.82, 2.24) is 4.57 Å². The van der Waals surface area contributed by atoms with Crippen LogP contribution in [0.25, 0.3) is 10.2 Å². The number of fused-ring (bicyclic) bond motifs is 1. The third kappa shape index (κ3) is 4.38. The number of carbonyl (C=O) groups excluding carboxylic acids is 2. The summed E-state index contributed by atoms with van der Waals surface area (Å²) < 4.78 is 36.3. The summed E-state index contributed by atoms with van der Waals surface area (Å²) in [4.78, 5) is 28.9. The van der Waals surface area contributed by atoms with Crippen molar-refractivity contribution in [3.05, 3.63) is 52.8 Å². The van der Waals surface area contributed by atoms with Crippen LogP contribution in [-0.2, 0) is 25.9 Å². The molecule has 2 aromatic carbocycles. The maximum atomic E-state index is 12.8. The molecule has 10 heteroatoms. The molecule has 29 heavy (non-hydrogen) atoms. The Morgan fingerprint density at radius 3 is 2.52 bits per heavy atom. The lowest BCUT2D eigenvalue weighted by molar-refractivity contribution is -0.141. The van der Waals surface area contributed by atoms with Gasteiger partial charge in [-0.15, -0.1) is 0 Å². The first-order valence-electron chi connectivity index (χ1n) is 8.37.